The second kappa shape index (κ2) is 9.79. The van der Waals surface area contributed by atoms with Gasteiger partial charge in [0.2, 0.25) is 0 Å². The van der Waals surface area contributed by atoms with Crippen LogP contribution in [0.5, 0.6) is 0 Å². The maximum atomic E-state index is 13.8. The number of carbonyl (C=O) groups is 2. The number of anilines is 1. The predicted octanol–water partition coefficient (Wildman–Crippen LogP) is 4.74. The third-order valence-corrected chi connectivity index (χ3v) is 6.34. The number of benzene rings is 2. The van der Waals surface area contributed by atoms with Gasteiger partial charge in [-0.2, -0.15) is 5.10 Å². The quantitative estimate of drug-likeness (QED) is 0.552. The molecule has 2 aromatic carbocycles. The van der Waals surface area contributed by atoms with Crippen molar-refractivity contribution in [2.45, 2.75) is 59.0 Å². The minimum Gasteiger partial charge on any atom is -0.339 e. The number of aryl methyl sites for hydroxylation is 2. The minimum absolute atomic E-state index is 0.203. The van der Waals surface area contributed by atoms with Gasteiger partial charge in [-0.05, 0) is 56.5 Å². The Morgan fingerprint density at radius 2 is 1.76 bits per heavy atom. The molecule has 2 atom stereocenters. The van der Waals surface area contributed by atoms with Crippen molar-refractivity contribution < 1.29 is 14.0 Å². The van der Waals surface area contributed by atoms with Crippen LogP contribution in [0.2, 0.25) is 0 Å². The lowest BCUT2D eigenvalue weighted by Crippen LogP contribution is -2.55. The summed E-state index contributed by atoms with van der Waals surface area (Å²) in [7, 11) is 0. The summed E-state index contributed by atoms with van der Waals surface area (Å²) in [5.74, 6) is -0.709. The first-order valence-electron chi connectivity index (χ1n) is 11.9. The Morgan fingerprint density at radius 3 is 2.41 bits per heavy atom. The van der Waals surface area contributed by atoms with Gasteiger partial charge in [-0.15, -0.1) is 0 Å². The molecule has 2 amide bonds. The Kier molecular flexibility index (Phi) is 6.82. The highest BCUT2D eigenvalue weighted by molar-refractivity contribution is 6.05. The summed E-state index contributed by atoms with van der Waals surface area (Å²) in [5, 5.41) is 7.81. The lowest BCUT2D eigenvalue weighted by Gasteiger charge is -2.37. The van der Waals surface area contributed by atoms with Crippen molar-refractivity contribution in [1.29, 1.82) is 0 Å². The van der Waals surface area contributed by atoms with Crippen molar-refractivity contribution in [3.63, 3.8) is 0 Å². The molecule has 0 radical (unpaired) electrons. The average Bonchev–Trinajstić information content (AvgIpc) is 3.13. The van der Waals surface area contributed by atoms with Crippen molar-refractivity contribution in [2.75, 3.05) is 11.4 Å². The van der Waals surface area contributed by atoms with Crippen molar-refractivity contribution in [1.82, 2.24) is 15.1 Å². The second-order valence-corrected chi connectivity index (χ2v) is 8.89. The number of rotatable bonds is 7. The number of hydrogen-bond donors (Lipinski definition) is 1. The number of halogens is 1. The van der Waals surface area contributed by atoms with Crippen molar-refractivity contribution in [2.24, 2.45) is 0 Å². The van der Waals surface area contributed by atoms with Gasteiger partial charge in [0.15, 0.2) is 5.82 Å². The summed E-state index contributed by atoms with van der Waals surface area (Å²) in [5.41, 5.74) is 4.08. The second-order valence-electron chi connectivity index (χ2n) is 8.89. The molecule has 1 aliphatic rings. The maximum Gasteiger partial charge on any atom is 0.251 e. The standard InChI is InChI=1S/C27H31FN4O2/c1-5-14-31-25-22(18(4)32(30-25)15-6-2)23(19-10-12-21(28)13-11-19)24(27(31)34)29-26(33)20-9-7-8-17(3)16-20/h7-13,16,23-24H,5-6,14-15H2,1-4H3,(H,29,33)/t23-,24-/m0/s1. The van der Waals surface area contributed by atoms with Crippen molar-refractivity contribution in [3.8, 4) is 0 Å². The zero-order valence-corrected chi connectivity index (χ0v) is 20.1. The van der Waals surface area contributed by atoms with Gasteiger partial charge in [0.1, 0.15) is 11.9 Å². The van der Waals surface area contributed by atoms with Crippen LogP contribution >= 0.6 is 0 Å². The summed E-state index contributed by atoms with van der Waals surface area (Å²) >= 11 is 0. The first-order valence-corrected chi connectivity index (χ1v) is 11.9. The summed E-state index contributed by atoms with van der Waals surface area (Å²) in [6, 6.07) is 12.6. The summed E-state index contributed by atoms with van der Waals surface area (Å²) in [6.07, 6.45) is 1.66. The number of hydrogen-bond acceptors (Lipinski definition) is 3. The van der Waals surface area contributed by atoms with E-state index in [1.165, 1.54) is 12.1 Å². The molecule has 0 aliphatic carbocycles. The van der Waals surface area contributed by atoms with Gasteiger partial charge in [0, 0.05) is 35.8 Å². The van der Waals surface area contributed by atoms with E-state index in [1.807, 2.05) is 37.6 Å². The van der Waals surface area contributed by atoms with Crippen LogP contribution in [0.3, 0.4) is 0 Å². The van der Waals surface area contributed by atoms with Gasteiger partial charge in [-0.25, -0.2) is 4.39 Å². The van der Waals surface area contributed by atoms with Crippen LogP contribution in [0.1, 0.15) is 65.3 Å². The van der Waals surface area contributed by atoms with Crippen LogP contribution < -0.4 is 10.2 Å². The third-order valence-electron chi connectivity index (χ3n) is 6.34. The summed E-state index contributed by atoms with van der Waals surface area (Å²) in [6.45, 7) is 9.24. The summed E-state index contributed by atoms with van der Waals surface area (Å²) < 4.78 is 15.7. The topological polar surface area (TPSA) is 67.2 Å². The number of amides is 2. The molecule has 1 aromatic heterocycles. The van der Waals surface area contributed by atoms with E-state index in [9.17, 15) is 14.0 Å². The maximum absolute atomic E-state index is 13.8. The first kappa shape index (κ1) is 23.7. The molecule has 4 rings (SSSR count). The Labute approximate surface area is 199 Å². The van der Waals surface area contributed by atoms with Gasteiger partial charge in [-0.3, -0.25) is 19.2 Å². The highest BCUT2D eigenvalue weighted by Crippen LogP contribution is 2.42. The van der Waals surface area contributed by atoms with E-state index in [1.54, 1.807) is 29.2 Å². The van der Waals surface area contributed by atoms with Crippen LogP contribution in [-0.4, -0.2) is 34.2 Å². The van der Waals surface area contributed by atoms with Crippen LogP contribution in [0.25, 0.3) is 0 Å². The molecular weight excluding hydrogens is 431 g/mol. The smallest absolute Gasteiger partial charge is 0.251 e. The third kappa shape index (κ3) is 4.34. The van der Waals surface area contributed by atoms with Crippen LogP contribution in [0, 0.1) is 19.7 Å². The SMILES string of the molecule is CCCN1C(=O)[C@@H](NC(=O)c2cccc(C)c2)[C@@H](c2ccc(F)cc2)c2c1nn(CCC)c2C. The Morgan fingerprint density at radius 1 is 1.06 bits per heavy atom. The number of nitrogens with zero attached hydrogens (tertiary/aromatic N) is 3. The highest BCUT2D eigenvalue weighted by Gasteiger charge is 2.45. The molecule has 6 nitrogen and oxygen atoms in total. The Bertz CT molecular complexity index is 1200. The molecule has 3 aromatic rings. The fourth-order valence-electron chi connectivity index (χ4n) is 4.74. The zero-order valence-electron chi connectivity index (χ0n) is 20.1. The fourth-order valence-corrected chi connectivity index (χ4v) is 4.74. The Hall–Kier alpha value is -3.48. The lowest BCUT2D eigenvalue weighted by molar-refractivity contribution is -0.121. The van der Waals surface area contributed by atoms with E-state index < -0.39 is 12.0 Å². The van der Waals surface area contributed by atoms with E-state index in [0.717, 1.165) is 41.8 Å². The van der Waals surface area contributed by atoms with E-state index in [4.69, 9.17) is 5.10 Å². The van der Waals surface area contributed by atoms with E-state index >= 15 is 0 Å². The molecule has 0 unspecified atom stereocenters. The zero-order chi connectivity index (χ0) is 24.4. The molecule has 0 spiro atoms. The fraction of sp³-hybridized carbons (Fsp3) is 0.370. The number of carbonyl (C=O) groups excluding carboxylic acids is 2. The number of fused-ring (bicyclic) bond motifs is 1. The minimum atomic E-state index is -0.838. The molecule has 2 heterocycles. The molecule has 0 bridgehead atoms. The van der Waals surface area contributed by atoms with Gasteiger partial charge in [0.25, 0.3) is 11.8 Å². The molecule has 7 heteroatoms. The van der Waals surface area contributed by atoms with Gasteiger partial charge >= 0.3 is 0 Å². The van der Waals surface area contributed by atoms with Crippen molar-refractivity contribution >= 4 is 17.6 Å². The lowest BCUT2D eigenvalue weighted by atomic mass is 9.81. The van der Waals surface area contributed by atoms with E-state index in [-0.39, 0.29) is 17.6 Å². The monoisotopic (exact) mass is 462 g/mol. The molecular formula is C27H31FN4O2. The Balaban J connectivity index is 1.86. The van der Waals surface area contributed by atoms with Gasteiger partial charge in [-0.1, -0.05) is 43.7 Å². The molecule has 1 N–H and O–H groups in total. The van der Waals surface area contributed by atoms with E-state index in [2.05, 4.69) is 12.2 Å². The largest absolute Gasteiger partial charge is 0.339 e. The van der Waals surface area contributed by atoms with E-state index in [0.29, 0.717) is 17.9 Å². The number of aromatic nitrogens is 2. The number of nitrogens with one attached hydrogen (secondary N) is 1. The molecule has 1 aliphatic heterocycles. The van der Waals surface area contributed by atoms with Gasteiger partial charge < -0.3 is 5.32 Å². The predicted molar refractivity (Wildman–Crippen MR) is 131 cm³/mol. The first-order chi connectivity index (χ1) is 16.3. The van der Waals surface area contributed by atoms with Crippen LogP contribution in [-0.2, 0) is 11.3 Å². The van der Waals surface area contributed by atoms with Crippen LogP contribution in [0.15, 0.2) is 48.5 Å². The highest BCUT2D eigenvalue weighted by atomic mass is 19.1. The summed E-state index contributed by atoms with van der Waals surface area (Å²) in [4.78, 5) is 28.8. The normalized spacial score (nSPS) is 17.6. The molecule has 0 saturated heterocycles. The molecule has 34 heavy (non-hydrogen) atoms. The van der Waals surface area contributed by atoms with Crippen molar-refractivity contribution in [3.05, 3.63) is 82.3 Å². The average molecular weight is 463 g/mol. The molecule has 0 fully saturated rings. The molecule has 178 valence electrons. The van der Waals surface area contributed by atoms with Crippen LogP contribution in [0.4, 0.5) is 10.2 Å². The molecule has 0 saturated carbocycles. The van der Waals surface area contributed by atoms with Gasteiger partial charge in [0.05, 0.1) is 0 Å².